The molecule has 4 nitrogen and oxygen atoms in total. The zero-order chi connectivity index (χ0) is 12.2. The van der Waals surface area contributed by atoms with Crippen molar-refractivity contribution in [3.05, 3.63) is 0 Å². The van der Waals surface area contributed by atoms with Gasteiger partial charge in [-0.2, -0.15) is 0 Å². The van der Waals surface area contributed by atoms with Crippen LogP contribution in [0.1, 0.15) is 32.6 Å². The van der Waals surface area contributed by atoms with E-state index in [1.807, 2.05) is 14.1 Å². The van der Waals surface area contributed by atoms with E-state index in [4.69, 9.17) is 0 Å². The van der Waals surface area contributed by atoms with E-state index in [1.54, 1.807) is 0 Å². The molecule has 1 saturated heterocycles. The lowest BCUT2D eigenvalue weighted by Crippen LogP contribution is -2.52. The molecule has 0 spiro atoms. The van der Waals surface area contributed by atoms with Crippen molar-refractivity contribution in [2.45, 2.75) is 38.1 Å². The van der Waals surface area contributed by atoms with Crippen molar-refractivity contribution in [2.75, 3.05) is 33.7 Å². The van der Waals surface area contributed by atoms with Crippen molar-refractivity contribution in [2.24, 2.45) is 0 Å². The van der Waals surface area contributed by atoms with Crippen LogP contribution in [0, 0.1) is 0 Å². The van der Waals surface area contributed by atoms with Crippen molar-refractivity contribution >= 4 is 5.97 Å². The second-order valence-corrected chi connectivity index (χ2v) is 4.98. The van der Waals surface area contributed by atoms with Gasteiger partial charge < -0.3 is 10.0 Å². The van der Waals surface area contributed by atoms with Crippen LogP contribution in [-0.4, -0.2) is 60.1 Å². The van der Waals surface area contributed by atoms with Gasteiger partial charge in [0.05, 0.1) is 0 Å². The zero-order valence-corrected chi connectivity index (χ0v) is 10.7. The highest BCUT2D eigenvalue weighted by atomic mass is 16.4. The summed E-state index contributed by atoms with van der Waals surface area (Å²) in [5, 5.41) is 9.48. The number of nitrogens with zero attached hydrogens (tertiary/aromatic N) is 2. The predicted octanol–water partition coefficient (Wildman–Crippen LogP) is 1.27. The normalized spacial score (nSPS) is 26.5. The van der Waals surface area contributed by atoms with Gasteiger partial charge in [-0.05, 0) is 39.9 Å². The average molecular weight is 228 g/mol. The first-order chi connectivity index (χ1) is 7.53. The molecule has 16 heavy (non-hydrogen) atoms. The third kappa shape index (κ3) is 2.74. The highest BCUT2D eigenvalue weighted by molar-refractivity contribution is 5.79. The Morgan fingerprint density at radius 2 is 2.19 bits per heavy atom. The Morgan fingerprint density at radius 3 is 2.69 bits per heavy atom. The first-order valence-electron chi connectivity index (χ1n) is 6.16. The van der Waals surface area contributed by atoms with E-state index >= 15 is 0 Å². The minimum atomic E-state index is -0.634. The van der Waals surface area contributed by atoms with Crippen LogP contribution >= 0.6 is 0 Å². The van der Waals surface area contributed by atoms with Crippen molar-refractivity contribution in [3.8, 4) is 0 Å². The SMILES string of the molecule is CCCC1(C(=O)O)CCCN1CCN(C)C. The quantitative estimate of drug-likeness (QED) is 0.743. The van der Waals surface area contributed by atoms with Gasteiger partial charge >= 0.3 is 5.97 Å². The highest BCUT2D eigenvalue weighted by Gasteiger charge is 2.46. The fourth-order valence-corrected chi connectivity index (χ4v) is 2.63. The molecule has 0 aromatic rings. The monoisotopic (exact) mass is 228 g/mol. The lowest BCUT2D eigenvalue weighted by molar-refractivity contribution is -0.150. The summed E-state index contributed by atoms with van der Waals surface area (Å²) in [7, 11) is 4.05. The topological polar surface area (TPSA) is 43.8 Å². The van der Waals surface area contributed by atoms with Crippen LogP contribution in [0.4, 0.5) is 0 Å². The van der Waals surface area contributed by atoms with Crippen LogP contribution in [0.25, 0.3) is 0 Å². The zero-order valence-electron chi connectivity index (χ0n) is 10.7. The number of rotatable bonds is 6. The minimum absolute atomic E-state index is 0.579. The fraction of sp³-hybridized carbons (Fsp3) is 0.917. The Labute approximate surface area is 98.2 Å². The maximum Gasteiger partial charge on any atom is 0.324 e. The predicted molar refractivity (Wildman–Crippen MR) is 64.6 cm³/mol. The van der Waals surface area contributed by atoms with Gasteiger partial charge in [-0.3, -0.25) is 9.69 Å². The fourth-order valence-electron chi connectivity index (χ4n) is 2.63. The molecule has 0 aromatic carbocycles. The van der Waals surface area contributed by atoms with E-state index in [9.17, 15) is 9.90 Å². The van der Waals surface area contributed by atoms with E-state index in [-0.39, 0.29) is 0 Å². The maximum atomic E-state index is 11.5. The Bertz CT molecular complexity index is 243. The average Bonchev–Trinajstić information content (AvgIpc) is 2.60. The number of hydrogen-bond acceptors (Lipinski definition) is 3. The van der Waals surface area contributed by atoms with E-state index in [2.05, 4.69) is 16.7 Å². The molecule has 1 aliphatic rings. The first kappa shape index (κ1) is 13.5. The molecule has 0 radical (unpaired) electrons. The molecule has 1 unspecified atom stereocenters. The molecular weight excluding hydrogens is 204 g/mol. The van der Waals surface area contributed by atoms with Crippen LogP contribution in [0.3, 0.4) is 0 Å². The molecular formula is C12H24N2O2. The summed E-state index contributed by atoms with van der Waals surface area (Å²) in [6.07, 6.45) is 3.53. The number of aliphatic carboxylic acids is 1. The summed E-state index contributed by atoms with van der Waals surface area (Å²) in [5.41, 5.74) is -0.579. The number of carboxylic acids is 1. The lowest BCUT2D eigenvalue weighted by atomic mass is 9.90. The highest BCUT2D eigenvalue weighted by Crippen LogP contribution is 2.33. The van der Waals surface area contributed by atoms with Gasteiger partial charge in [0, 0.05) is 13.1 Å². The van der Waals surface area contributed by atoms with Gasteiger partial charge in [0.1, 0.15) is 5.54 Å². The molecule has 1 atom stereocenters. The number of hydrogen-bond donors (Lipinski definition) is 1. The Balaban J connectivity index is 2.69. The standard InChI is InChI=1S/C12H24N2O2/c1-4-6-12(11(15)16)7-5-8-14(12)10-9-13(2)3/h4-10H2,1-3H3,(H,15,16). The molecule has 0 amide bonds. The van der Waals surface area contributed by atoms with E-state index in [0.717, 1.165) is 45.3 Å². The first-order valence-corrected chi connectivity index (χ1v) is 6.16. The summed E-state index contributed by atoms with van der Waals surface area (Å²) in [6, 6.07) is 0. The lowest BCUT2D eigenvalue weighted by Gasteiger charge is -2.35. The molecule has 0 bridgehead atoms. The molecule has 0 aromatic heterocycles. The molecule has 4 heteroatoms. The second-order valence-electron chi connectivity index (χ2n) is 4.98. The minimum Gasteiger partial charge on any atom is -0.480 e. The van der Waals surface area contributed by atoms with Gasteiger partial charge in [-0.15, -0.1) is 0 Å². The smallest absolute Gasteiger partial charge is 0.324 e. The maximum absolute atomic E-state index is 11.5. The largest absolute Gasteiger partial charge is 0.480 e. The van der Waals surface area contributed by atoms with Crippen LogP contribution in [0.5, 0.6) is 0 Å². The van der Waals surface area contributed by atoms with Crippen LogP contribution in [-0.2, 0) is 4.79 Å². The molecule has 1 N–H and O–H groups in total. The molecule has 1 fully saturated rings. The second kappa shape index (κ2) is 5.64. The van der Waals surface area contributed by atoms with Crippen LogP contribution in [0.15, 0.2) is 0 Å². The summed E-state index contributed by atoms with van der Waals surface area (Å²) >= 11 is 0. The van der Waals surface area contributed by atoms with E-state index < -0.39 is 11.5 Å². The molecule has 94 valence electrons. The van der Waals surface area contributed by atoms with Crippen molar-refractivity contribution < 1.29 is 9.90 Å². The summed E-state index contributed by atoms with van der Waals surface area (Å²) in [5.74, 6) is -0.634. The molecule has 1 heterocycles. The third-order valence-corrected chi connectivity index (χ3v) is 3.50. The van der Waals surface area contributed by atoms with Crippen LogP contribution < -0.4 is 0 Å². The van der Waals surface area contributed by atoms with Gasteiger partial charge in [0.15, 0.2) is 0 Å². The van der Waals surface area contributed by atoms with Gasteiger partial charge in [-0.1, -0.05) is 13.3 Å². The van der Waals surface area contributed by atoms with E-state index in [0.29, 0.717) is 0 Å². The van der Waals surface area contributed by atoms with Crippen molar-refractivity contribution in [3.63, 3.8) is 0 Å². The Hall–Kier alpha value is -0.610. The molecule has 0 aliphatic carbocycles. The van der Waals surface area contributed by atoms with Gasteiger partial charge in [0.2, 0.25) is 0 Å². The molecule has 1 rings (SSSR count). The number of likely N-dealkylation sites (tertiary alicyclic amines) is 1. The Morgan fingerprint density at radius 1 is 1.50 bits per heavy atom. The number of likely N-dealkylation sites (N-methyl/N-ethyl adjacent to an activating group) is 1. The molecule has 0 saturated carbocycles. The number of carbonyl (C=O) groups is 1. The summed E-state index contributed by atoms with van der Waals surface area (Å²) in [6.45, 7) is 4.78. The summed E-state index contributed by atoms with van der Waals surface area (Å²) in [4.78, 5) is 15.8. The van der Waals surface area contributed by atoms with Crippen molar-refractivity contribution in [1.82, 2.24) is 9.80 Å². The number of carboxylic acid groups (broad SMARTS) is 1. The molecule has 1 aliphatic heterocycles. The van der Waals surface area contributed by atoms with Gasteiger partial charge in [0.25, 0.3) is 0 Å². The Kier molecular flexibility index (Phi) is 4.74. The summed E-state index contributed by atoms with van der Waals surface area (Å²) < 4.78 is 0. The van der Waals surface area contributed by atoms with E-state index in [1.165, 1.54) is 0 Å². The van der Waals surface area contributed by atoms with Crippen LogP contribution in [0.2, 0.25) is 0 Å². The third-order valence-electron chi connectivity index (χ3n) is 3.50. The van der Waals surface area contributed by atoms with Gasteiger partial charge in [-0.25, -0.2) is 0 Å². The van der Waals surface area contributed by atoms with Crippen molar-refractivity contribution in [1.29, 1.82) is 0 Å².